The monoisotopic (exact) mass is 464 g/mol. The fourth-order valence-electron chi connectivity index (χ4n) is 1.65. The number of benzene rings is 2. The van der Waals surface area contributed by atoms with Crippen LogP contribution in [0.4, 0.5) is 5.69 Å². The van der Waals surface area contributed by atoms with Gasteiger partial charge < -0.3 is 5.32 Å². The molecule has 0 unspecified atom stereocenters. The maximum absolute atomic E-state index is 12.2. The summed E-state index contributed by atoms with van der Waals surface area (Å²) in [5, 5.41) is 6.61. The van der Waals surface area contributed by atoms with Gasteiger partial charge in [0, 0.05) is 14.2 Å². The van der Waals surface area contributed by atoms with Gasteiger partial charge in [-0.2, -0.15) is 0 Å². The summed E-state index contributed by atoms with van der Waals surface area (Å²) in [6.07, 6.45) is 0. The number of carbonyl (C=O) groups excluding carboxylic acids is 1. The van der Waals surface area contributed by atoms with E-state index in [-0.39, 0.29) is 11.0 Å². The van der Waals surface area contributed by atoms with E-state index in [0.717, 1.165) is 9.13 Å². The maximum atomic E-state index is 12.2. The highest BCUT2D eigenvalue weighted by molar-refractivity contribution is 14.1. The van der Waals surface area contributed by atoms with Gasteiger partial charge in [-0.3, -0.25) is 10.1 Å². The van der Waals surface area contributed by atoms with E-state index in [1.807, 2.05) is 19.1 Å². The van der Waals surface area contributed by atoms with Crippen LogP contribution in [-0.2, 0) is 0 Å². The summed E-state index contributed by atoms with van der Waals surface area (Å²) in [4.78, 5) is 12.2. The van der Waals surface area contributed by atoms with Crippen molar-refractivity contribution in [1.82, 2.24) is 5.32 Å². The second-order valence-corrected chi connectivity index (χ2v) is 6.91. The Balaban J connectivity index is 2.05. The molecule has 0 heterocycles. The van der Waals surface area contributed by atoms with Gasteiger partial charge in [-0.25, -0.2) is 0 Å². The first-order valence-electron chi connectivity index (χ1n) is 6.20. The van der Waals surface area contributed by atoms with Crippen LogP contribution in [0.5, 0.6) is 0 Å². The third-order valence-electron chi connectivity index (χ3n) is 2.84. The molecule has 2 N–H and O–H groups in total. The number of anilines is 1. The normalized spacial score (nSPS) is 10.2. The van der Waals surface area contributed by atoms with Crippen LogP contribution in [0.3, 0.4) is 0 Å². The molecule has 2 aromatic carbocycles. The van der Waals surface area contributed by atoms with Gasteiger partial charge in [-0.15, -0.1) is 0 Å². The Morgan fingerprint density at radius 3 is 2.55 bits per heavy atom. The first-order chi connectivity index (χ1) is 10.4. The van der Waals surface area contributed by atoms with Gasteiger partial charge in [-0.05, 0) is 77.6 Å². The molecule has 114 valence electrons. The highest BCUT2D eigenvalue weighted by atomic mass is 127. The van der Waals surface area contributed by atoms with E-state index in [2.05, 4.69) is 33.2 Å². The largest absolute Gasteiger partial charge is 0.331 e. The average molecular weight is 465 g/mol. The number of nitrogens with one attached hydrogen (secondary N) is 2. The second kappa shape index (κ2) is 7.59. The molecule has 2 aromatic rings. The standard InChI is InChI=1S/C15H11Cl2IN2OS/c1-8-2-3-9(6-12(8)18)14(21)20-15(22)19-13-5-4-10(16)7-11(13)17/h2-7H,1H3,(H2,19,20,21,22). The molecule has 1 amide bonds. The third-order valence-corrected chi connectivity index (χ3v) is 4.75. The fraction of sp³-hybridized carbons (Fsp3) is 0.0667. The summed E-state index contributed by atoms with van der Waals surface area (Å²) < 4.78 is 1.02. The molecule has 0 aliphatic rings. The van der Waals surface area contributed by atoms with Crippen LogP contribution < -0.4 is 10.6 Å². The van der Waals surface area contributed by atoms with Crippen LogP contribution in [0.25, 0.3) is 0 Å². The van der Waals surface area contributed by atoms with E-state index in [0.29, 0.717) is 21.3 Å². The lowest BCUT2D eigenvalue weighted by atomic mass is 10.1. The van der Waals surface area contributed by atoms with Gasteiger partial charge >= 0.3 is 0 Å². The van der Waals surface area contributed by atoms with Crippen LogP contribution in [0.2, 0.25) is 10.0 Å². The molecule has 0 spiro atoms. The van der Waals surface area contributed by atoms with Crippen molar-refractivity contribution in [3.63, 3.8) is 0 Å². The van der Waals surface area contributed by atoms with E-state index in [9.17, 15) is 4.79 Å². The number of rotatable bonds is 2. The molecule has 7 heteroatoms. The van der Waals surface area contributed by atoms with Gasteiger partial charge in [0.15, 0.2) is 5.11 Å². The lowest BCUT2D eigenvalue weighted by Crippen LogP contribution is -2.34. The highest BCUT2D eigenvalue weighted by Gasteiger charge is 2.10. The molecule has 0 radical (unpaired) electrons. The van der Waals surface area contributed by atoms with Crippen molar-refractivity contribution in [3.05, 3.63) is 61.1 Å². The third kappa shape index (κ3) is 4.55. The number of hydrogen-bond donors (Lipinski definition) is 2. The summed E-state index contributed by atoms with van der Waals surface area (Å²) in [5.41, 5.74) is 2.24. The molecule has 0 aliphatic carbocycles. The minimum absolute atomic E-state index is 0.171. The first-order valence-corrected chi connectivity index (χ1v) is 8.44. The molecule has 0 bridgehead atoms. The van der Waals surface area contributed by atoms with Crippen LogP contribution in [0.1, 0.15) is 15.9 Å². The quantitative estimate of drug-likeness (QED) is 0.483. The van der Waals surface area contributed by atoms with Crippen molar-refractivity contribution in [1.29, 1.82) is 0 Å². The number of aryl methyl sites for hydroxylation is 1. The molecule has 0 saturated heterocycles. The molecule has 22 heavy (non-hydrogen) atoms. The second-order valence-electron chi connectivity index (χ2n) is 4.50. The summed E-state index contributed by atoms with van der Waals surface area (Å²) in [6, 6.07) is 10.4. The smallest absolute Gasteiger partial charge is 0.257 e. The van der Waals surface area contributed by atoms with Crippen molar-refractivity contribution in [2.45, 2.75) is 6.92 Å². The maximum Gasteiger partial charge on any atom is 0.257 e. The minimum atomic E-state index is -0.277. The summed E-state index contributed by atoms with van der Waals surface area (Å²) in [5.74, 6) is -0.277. The Morgan fingerprint density at radius 2 is 1.91 bits per heavy atom. The Kier molecular flexibility index (Phi) is 6.02. The zero-order chi connectivity index (χ0) is 16.3. The fourth-order valence-corrected chi connectivity index (χ4v) is 2.83. The van der Waals surface area contributed by atoms with Gasteiger partial charge in [0.25, 0.3) is 5.91 Å². The summed E-state index contributed by atoms with van der Waals surface area (Å²) >= 11 is 19.2. The van der Waals surface area contributed by atoms with Crippen molar-refractivity contribution in [3.8, 4) is 0 Å². The zero-order valence-electron chi connectivity index (χ0n) is 11.4. The summed E-state index contributed by atoms with van der Waals surface area (Å²) in [7, 11) is 0. The highest BCUT2D eigenvalue weighted by Crippen LogP contribution is 2.25. The molecule has 0 aromatic heterocycles. The van der Waals surface area contributed by atoms with E-state index in [1.165, 1.54) is 0 Å². The minimum Gasteiger partial charge on any atom is -0.331 e. The Bertz CT molecular complexity index is 752. The number of thiocarbonyl (C=S) groups is 1. The Hall–Kier alpha value is -0.890. The van der Waals surface area contributed by atoms with Crippen LogP contribution in [0, 0.1) is 10.5 Å². The van der Waals surface area contributed by atoms with E-state index < -0.39 is 0 Å². The molecular formula is C15H11Cl2IN2OS. The zero-order valence-corrected chi connectivity index (χ0v) is 15.9. The van der Waals surface area contributed by atoms with Gasteiger partial charge in [0.05, 0.1) is 10.7 Å². The number of carbonyl (C=O) groups is 1. The Labute approximate surface area is 157 Å². The molecule has 0 atom stereocenters. The topological polar surface area (TPSA) is 41.1 Å². The number of halogens is 3. The van der Waals surface area contributed by atoms with Crippen molar-refractivity contribution >= 4 is 74.7 Å². The van der Waals surface area contributed by atoms with Crippen molar-refractivity contribution in [2.24, 2.45) is 0 Å². The lowest BCUT2D eigenvalue weighted by Gasteiger charge is -2.11. The lowest BCUT2D eigenvalue weighted by molar-refractivity contribution is 0.0977. The predicted molar refractivity (Wildman–Crippen MR) is 104 cm³/mol. The van der Waals surface area contributed by atoms with Crippen molar-refractivity contribution < 1.29 is 4.79 Å². The van der Waals surface area contributed by atoms with Gasteiger partial charge in [-0.1, -0.05) is 29.3 Å². The molecule has 2 rings (SSSR count). The molecular weight excluding hydrogens is 454 g/mol. The van der Waals surface area contributed by atoms with Crippen molar-refractivity contribution in [2.75, 3.05) is 5.32 Å². The SMILES string of the molecule is Cc1ccc(C(=O)NC(=S)Nc2ccc(Cl)cc2Cl)cc1I. The predicted octanol–water partition coefficient (Wildman–Crippen LogP) is 5.03. The average Bonchev–Trinajstić information content (AvgIpc) is 2.45. The summed E-state index contributed by atoms with van der Waals surface area (Å²) in [6.45, 7) is 1.98. The number of amides is 1. The molecule has 0 saturated carbocycles. The van der Waals surface area contributed by atoms with Crippen LogP contribution in [-0.4, -0.2) is 11.0 Å². The van der Waals surface area contributed by atoms with Gasteiger partial charge in [0.1, 0.15) is 0 Å². The van der Waals surface area contributed by atoms with E-state index in [1.54, 1.807) is 24.3 Å². The number of hydrogen-bond acceptors (Lipinski definition) is 2. The molecule has 0 aliphatic heterocycles. The van der Waals surface area contributed by atoms with Crippen LogP contribution in [0.15, 0.2) is 36.4 Å². The van der Waals surface area contributed by atoms with E-state index >= 15 is 0 Å². The molecule has 3 nitrogen and oxygen atoms in total. The molecule has 0 fully saturated rings. The van der Waals surface area contributed by atoms with Gasteiger partial charge in [0.2, 0.25) is 0 Å². The van der Waals surface area contributed by atoms with Crippen LogP contribution >= 0.6 is 58.0 Å². The Morgan fingerprint density at radius 1 is 1.18 bits per heavy atom. The van der Waals surface area contributed by atoms with E-state index in [4.69, 9.17) is 35.4 Å². The first kappa shape index (κ1) is 17.5.